The number of fused-ring (bicyclic) bond motifs is 2. The minimum Gasteiger partial charge on any atom is -0.325 e. The first-order valence-electron chi connectivity index (χ1n) is 8.96. The number of nitrogens with zero attached hydrogens (tertiary/aromatic N) is 2. The summed E-state index contributed by atoms with van der Waals surface area (Å²) in [6.07, 6.45) is 3.55. The molecule has 2 aliphatic rings. The third kappa shape index (κ3) is 2.48. The summed E-state index contributed by atoms with van der Waals surface area (Å²) in [7, 11) is 0. The Kier molecular flexibility index (Phi) is 3.69. The van der Waals surface area contributed by atoms with Crippen LogP contribution < -0.4 is 5.32 Å². The van der Waals surface area contributed by atoms with Crippen LogP contribution >= 0.6 is 11.3 Å². The lowest BCUT2D eigenvalue weighted by Crippen LogP contribution is -2.46. The molecule has 1 saturated heterocycles. The maximum absolute atomic E-state index is 12.7. The molecule has 0 unspecified atom stereocenters. The normalized spacial score (nSPS) is 18.8. The molecule has 0 saturated carbocycles. The van der Waals surface area contributed by atoms with Gasteiger partial charge in [-0.15, -0.1) is 11.3 Å². The number of piperidine rings is 1. The van der Waals surface area contributed by atoms with Crippen molar-refractivity contribution in [3.05, 3.63) is 59.1 Å². The zero-order valence-corrected chi connectivity index (χ0v) is 15.2. The Labute approximate surface area is 156 Å². The van der Waals surface area contributed by atoms with E-state index < -0.39 is 0 Å². The van der Waals surface area contributed by atoms with Gasteiger partial charge in [-0.1, -0.05) is 18.2 Å². The van der Waals surface area contributed by atoms with E-state index in [1.807, 2.05) is 24.3 Å². The molecule has 26 heavy (non-hydrogen) atoms. The summed E-state index contributed by atoms with van der Waals surface area (Å²) in [6.45, 7) is 2.83. The lowest BCUT2D eigenvalue weighted by Gasteiger charge is -2.37. The highest BCUT2D eigenvalue weighted by molar-refractivity contribution is 7.15. The van der Waals surface area contributed by atoms with Crippen molar-refractivity contribution in [1.82, 2.24) is 15.1 Å². The van der Waals surface area contributed by atoms with Gasteiger partial charge in [-0.25, -0.2) is 0 Å². The number of aromatic nitrogens is 2. The lowest BCUT2D eigenvalue weighted by atomic mass is 9.73. The molecule has 5 rings (SSSR count). The minimum absolute atomic E-state index is 0.177. The van der Waals surface area contributed by atoms with E-state index in [1.165, 1.54) is 15.3 Å². The highest BCUT2D eigenvalue weighted by atomic mass is 32.1. The molecular weight excluding hydrogens is 344 g/mol. The molecule has 0 aliphatic carbocycles. The molecule has 1 spiro atoms. The summed E-state index contributed by atoms with van der Waals surface area (Å²) in [5.74, 6) is 0.177. The Morgan fingerprint density at radius 3 is 2.77 bits per heavy atom. The number of aromatic amines is 1. The SMILES string of the molecule is O=C1Nc2ccccc2C12CCN(Cc1ccc(-c3ccn[nH]3)s1)CC2. The monoisotopic (exact) mass is 364 g/mol. The van der Waals surface area contributed by atoms with E-state index in [2.05, 4.69) is 38.6 Å². The number of rotatable bonds is 3. The fourth-order valence-electron chi connectivity index (χ4n) is 4.18. The summed E-state index contributed by atoms with van der Waals surface area (Å²) in [5.41, 5.74) is 2.91. The van der Waals surface area contributed by atoms with Gasteiger partial charge < -0.3 is 5.32 Å². The molecule has 0 bridgehead atoms. The van der Waals surface area contributed by atoms with Gasteiger partial charge in [0, 0.05) is 23.3 Å². The minimum atomic E-state index is -0.330. The van der Waals surface area contributed by atoms with E-state index in [0.717, 1.165) is 43.9 Å². The molecule has 0 radical (unpaired) electrons. The molecule has 4 heterocycles. The van der Waals surface area contributed by atoms with Crippen molar-refractivity contribution in [3.63, 3.8) is 0 Å². The van der Waals surface area contributed by atoms with Crippen LogP contribution in [0, 0.1) is 0 Å². The highest BCUT2D eigenvalue weighted by Crippen LogP contribution is 2.45. The van der Waals surface area contributed by atoms with Gasteiger partial charge in [0.25, 0.3) is 0 Å². The molecule has 1 fully saturated rings. The van der Waals surface area contributed by atoms with Gasteiger partial charge in [-0.05, 0) is 55.8 Å². The molecular formula is C20H20N4OS. The second-order valence-electron chi connectivity index (χ2n) is 7.09. The van der Waals surface area contributed by atoms with Gasteiger partial charge in [0.15, 0.2) is 0 Å². The first-order chi connectivity index (χ1) is 12.7. The van der Waals surface area contributed by atoms with Crippen LogP contribution in [0.25, 0.3) is 10.6 Å². The number of anilines is 1. The Morgan fingerprint density at radius 2 is 1.96 bits per heavy atom. The molecule has 2 aromatic heterocycles. The Balaban J connectivity index is 1.29. The number of likely N-dealkylation sites (tertiary alicyclic amines) is 1. The van der Waals surface area contributed by atoms with Crippen LogP contribution in [0.1, 0.15) is 23.3 Å². The molecule has 0 atom stereocenters. The van der Waals surface area contributed by atoms with E-state index in [0.29, 0.717) is 0 Å². The number of H-pyrrole nitrogens is 1. The van der Waals surface area contributed by atoms with E-state index in [9.17, 15) is 4.79 Å². The van der Waals surface area contributed by atoms with Crippen molar-refractivity contribution in [2.75, 3.05) is 18.4 Å². The van der Waals surface area contributed by atoms with E-state index in [-0.39, 0.29) is 11.3 Å². The van der Waals surface area contributed by atoms with Crippen LogP contribution in [-0.4, -0.2) is 34.1 Å². The van der Waals surface area contributed by atoms with Gasteiger partial charge in [0.05, 0.1) is 16.0 Å². The number of amides is 1. The van der Waals surface area contributed by atoms with Gasteiger partial charge in [0.2, 0.25) is 5.91 Å². The quantitative estimate of drug-likeness (QED) is 0.746. The van der Waals surface area contributed by atoms with Gasteiger partial charge >= 0.3 is 0 Å². The predicted molar refractivity (Wildman–Crippen MR) is 103 cm³/mol. The van der Waals surface area contributed by atoms with Crippen molar-refractivity contribution in [2.45, 2.75) is 24.8 Å². The fraction of sp³-hybridized carbons (Fsp3) is 0.300. The number of para-hydroxylation sites is 1. The zero-order chi connectivity index (χ0) is 17.6. The summed E-state index contributed by atoms with van der Waals surface area (Å²) >= 11 is 1.80. The number of hydrogen-bond donors (Lipinski definition) is 2. The number of carbonyl (C=O) groups is 1. The van der Waals surface area contributed by atoms with Crippen molar-refractivity contribution >= 4 is 22.9 Å². The average molecular weight is 364 g/mol. The molecule has 6 heteroatoms. The molecule has 1 amide bonds. The second kappa shape index (κ2) is 6.07. The summed E-state index contributed by atoms with van der Waals surface area (Å²) in [6, 6.07) is 14.5. The van der Waals surface area contributed by atoms with Crippen LogP contribution in [0.3, 0.4) is 0 Å². The first kappa shape index (κ1) is 15.8. The standard InChI is InChI=1S/C20H20N4OS/c25-19-20(15-3-1-2-4-16(15)22-19)8-11-24(12-9-20)13-14-5-6-18(26-14)17-7-10-21-23-17/h1-7,10H,8-9,11-13H2,(H,21,23)(H,22,25). The Hall–Kier alpha value is -2.44. The Morgan fingerprint density at radius 1 is 1.12 bits per heavy atom. The van der Waals surface area contributed by atoms with Crippen molar-refractivity contribution in [2.24, 2.45) is 0 Å². The summed E-state index contributed by atoms with van der Waals surface area (Å²) < 4.78 is 0. The number of hydrogen-bond acceptors (Lipinski definition) is 4. The Bertz CT molecular complexity index is 938. The van der Waals surface area contributed by atoms with Crippen LogP contribution in [0.4, 0.5) is 5.69 Å². The topological polar surface area (TPSA) is 61.0 Å². The van der Waals surface area contributed by atoms with Crippen LogP contribution in [-0.2, 0) is 16.8 Å². The first-order valence-corrected chi connectivity index (χ1v) is 9.78. The van der Waals surface area contributed by atoms with E-state index in [1.54, 1.807) is 17.5 Å². The summed E-state index contributed by atoms with van der Waals surface area (Å²) in [4.78, 5) is 17.7. The number of thiophene rings is 1. The molecule has 3 aromatic rings. The highest BCUT2D eigenvalue weighted by Gasteiger charge is 2.48. The second-order valence-corrected chi connectivity index (χ2v) is 8.26. The van der Waals surface area contributed by atoms with E-state index >= 15 is 0 Å². The van der Waals surface area contributed by atoms with Crippen molar-refractivity contribution in [1.29, 1.82) is 0 Å². The largest absolute Gasteiger partial charge is 0.325 e. The molecule has 132 valence electrons. The van der Waals surface area contributed by atoms with Crippen molar-refractivity contribution < 1.29 is 4.79 Å². The summed E-state index contributed by atoms with van der Waals surface area (Å²) in [5, 5.41) is 10.1. The number of benzene rings is 1. The van der Waals surface area contributed by atoms with E-state index in [4.69, 9.17) is 0 Å². The van der Waals surface area contributed by atoms with Gasteiger partial charge in [-0.3, -0.25) is 14.8 Å². The maximum Gasteiger partial charge on any atom is 0.235 e. The third-order valence-electron chi connectivity index (χ3n) is 5.64. The molecule has 5 nitrogen and oxygen atoms in total. The molecule has 2 aliphatic heterocycles. The third-order valence-corrected chi connectivity index (χ3v) is 6.75. The van der Waals surface area contributed by atoms with Crippen molar-refractivity contribution in [3.8, 4) is 10.6 Å². The predicted octanol–water partition coefficient (Wildman–Crippen LogP) is 3.62. The average Bonchev–Trinajstić information content (AvgIpc) is 3.38. The number of carbonyl (C=O) groups excluding carboxylic acids is 1. The fourth-order valence-corrected chi connectivity index (χ4v) is 5.21. The zero-order valence-electron chi connectivity index (χ0n) is 14.4. The van der Waals surface area contributed by atoms with Crippen LogP contribution in [0.15, 0.2) is 48.7 Å². The van der Waals surface area contributed by atoms with Crippen LogP contribution in [0.2, 0.25) is 0 Å². The molecule has 1 aromatic carbocycles. The number of nitrogens with one attached hydrogen (secondary N) is 2. The van der Waals surface area contributed by atoms with Gasteiger partial charge in [-0.2, -0.15) is 5.10 Å². The maximum atomic E-state index is 12.7. The van der Waals surface area contributed by atoms with Gasteiger partial charge in [0.1, 0.15) is 0 Å². The lowest BCUT2D eigenvalue weighted by molar-refractivity contribution is -0.122. The smallest absolute Gasteiger partial charge is 0.235 e. The van der Waals surface area contributed by atoms with Crippen LogP contribution in [0.5, 0.6) is 0 Å². The molecule has 2 N–H and O–H groups in total.